The first-order valence-corrected chi connectivity index (χ1v) is 22.5. The quantitative estimate of drug-likeness (QED) is 0.0747. The minimum atomic E-state index is -5.01. The zero-order valence-corrected chi connectivity index (χ0v) is 35.3. The van der Waals surface area contributed by atoms with Crippen molar-refractivity contribution in [2.45, 2.75) is 161 Å². The van der Waals surface area contributed by atoms with Gasteiger partial charge in [-0.05, 0) is 104 Å². The van der Waals surface area contributed by atoms with Crippen molar-refractivity contribution >= 4 is 16.4 Å². The van der Waals surface area contributed by atoms with Crippen molar-refractivity contribution in [3.8, 4) is 0 Å². The smallest absolute Gasteiger partial charge is 0.397 e. The summed E-state index contributed by atoms with van der Waals surface area (Å²) < 4.78 is 61.3. The first-order chi connectivity index (χ1) is 27.0. The maximum Gasteiger partial charge on any atom is 0.397 e. The minimum Gasteiger partial charge on any atom is -0.432 e. The Morgan fingerprint density at radius 2 is 1.57 bits per heavy atom. The topological polar surface area (TPSA) is 259 Å². The molecule has 2 aliphatic heterocycles. The number of carbonyl (C=O) groups excluding carboxylic acids is 1. The first-order valence-electron chi connectivity index (χ1n) is 21.1. The van der Waals surface area contributed by atoms with Crippen LogP contribution in [0.1, 0.15) is 99.3 Å². The Bertz CT molecular complexity index is 1690. The number of aliphatic hydroxyl groups excluding tert-OH is 7. The third-order valence-electron chi connectivity index (χ3n) is 17.3. The highest BCUT2D eigenvalue weighted by Crippen LogP contribution is 2.76. The van der Waals surface area contributed by atoms with Gasteiger partial charge < -0.3 is 54.7 Å². The van der Waals surface area contributed by atoms with Crippen LogP contribution in [-0.4, -0.2) is 136 Å². The number of hydrogen-bond acceptors (Lipinski definition) is 15. The largest absolute Gasteiger partial charge is 0.432 e. The molecule has 7 aliphatic rings. The Morgan fingerprint density at radius 1 is 0.862 bits per heavy atom. The molecule has 17 heteroatoms. The number of carbonyl (C=O) groups is 1. The molecule has 58 heavy (non-hydrogen) atoms. The Hall–Kier alpha value is -1.32. The molecule has 8 N–H and O–H groups in total. The SMILES string of the molecule is C[C@H]1[C@H](C)CC[C@]2(C(=O)O[C@@H]3O[C@H](CO)[C@@H](O)[C@H](O)[C@H]3O)CC[C@]3(CO)C(=CC[C@@H]4[C@@]5(C)CC[C@H](O[C@@H]6OC[C@H](O)[C@H](O)[C@H]6OS(=O)(=O)O)C(C)(C)[C@@H]5CC[C@]43C)[C@H]12. The van der Waals surface area contributed by atoms with Crippen LogP contribution < -0.4 is 0 Å². The molecule has 0 amide bonds. The van der Waals surface area contributed by atoms with Crippen LogP contribution in [0.5, 0.6) is 0 Å². The summed E-state index contributed by atoms with van der Waals surface area (Å²) in [4.78, 5) is 14.6. The summed E-state index contributed by atoms with van der Waals surface area (Å²) in [6.45, 7) is 12.2. The lowest BCUT2D eigenvalue weighted by molar-refractivity contribution is -0.304. The fraction of sp³-hybridized carbons (Fsp3) is 0.927. The Kier molecular flexibility index (Phi) is 11.9. The third kappa shape index (κ3) is 6.76. The number of ether oxygens (including phenoxy) is 4. The van der Waals surface area contributed by atoms with E-state index in [9.17, 15) is 53.5 Å². The monoisotopic (exact) mass is 846 g/mol. The summed E-state index contributed by atoms with van der Waals surface area (Å²) >= 11 is 0. The highest BCUT2D eigenvalue weighted by molar-refractivity contribution is 7.80. The van der Waals surface area contributed by atoms with Gasteiger partial charge in [0, 0.05) is 5.41 Å². The molecule has 16 nitrogen and oxygen atoms in total. The molecule has 6 fully saturated rings. The van der Waals surface area contributed by atoms with Gasteiger partial charge in [0.05, 0.1) is 31.3 Å². The third-order valence-corrected chi connectivity index (χ3v) is 17.8. The fourth-order valence-electron chi connectivity index (χ4n) is 13.9. The highest BCUT2D eigenvalue weighted by Gasteiger charge is 2.71. The van der Waals surface area contributed by atoms with Crippen LogP contribution in [0.2, 0.25) is 0 Å². The van der Waals surface area contributed by atoms with E-state index in [0.717, 1.165) is 37.7 Å². The molecule has 0 aromatic rings. The molecule has 0 radical (unpaired) electrons. The van der Waals surface area contributed by atoms with E-state index in [4.69, 9.17) is 23.1 Å². The maximum absolute atomic E-state index is 14.6. The second-order valence-electron chi connectivity index (χ2n) is 20.0. The van der Waals surface area contributed by atoms with E-state index in [0.29, 0.717) is 25.7 Å². The molecule has 19 atom stereocenters. The van der Waals surface area contributed by atoms with Crippen LogP contribution in [-0.2, 0) is 38.3 Å². The van der Waals surface area contributed by atoms with E-state index in [1.165, 1.54) is 0 Å². The van der Waals surface area contributed by atoms with Gasteiger partial charge in [-0.25, -0.2) is 4.18 Å². The van der Waals surface area contributed by atoms with Gasteiger partial charge in [-0.1, -0.05) is 53.2 Å². The van der Waals surface area contributed by atoms with E-state index in [2.05, 4.69) is 47.6 Å². The van der Waals surface area contributed by atoms with Crippen LogP contribution >= 0.6 is 0 Å². The predicted molar refractivity (Wildman–Crippen MR) is 203 cm³/mol. The van der Waals surface area contributed by atoms with Crippen LogP contribution in [0.4, 0.5) is 0 Å². The molecule has 2 heterocycles. The standard InChI is InChI=1S/C41H66O16S/c1-20-9-14-40(36(49)56-34-32(48)31(47)30(46)24(17-42)54-34)15-16-41(19-43)22(28(40)21(20)2)7-8-26-38(5)12-11-27(37(3,4)25(38)10-13-39(26,41)6)55-35-33(57-58(50,51)52)29(45)23(44)18-53-35/h7,20-21,23-35,42-48H,8-19H2,1-6H3,(H,50,51,52)/t20-,21+,23+,24-,25+,26-,27+,28+,29+,30-,31+,32-,33-,34+,35+,38+,39-,40+,41+/m1/s1. The molecule has 0 aromatic heterocycles. The van der Waals surface area contributed by atoms with E-state index < -0.39 is 101 Å². The second-order valence-corrected chi connectivity index (χ2v) is 21.1. The average Bonchev–Trinajstić information content (AvgIpc) is 3.16. The van der Waals surface area contributed by atoms with Crippen molar-refractivity contribution in [3.05, 3.63) is 11.6 Å². The molecule has 0 aromatic carbocycles. The summed E-state index contributed by atoms with van der Waals surface area (Å²) in [5.41, 5.74) is -1.62. The molecule has 0 unspecified atom stereocenters. The average molecular weight is 847 g/mol. The Balaban J connectivity index is 1.18. The number of fused-ring (bicyclic) bond motifs is 7. The van der Waals surface area contributed by atoms with Gasteiger partial charge in [0.1, 0.15) is 36.6 Å². The van der Waals surface area contributed by atoms with Crippen molar-refractivity contribution in [2.75, 3.05) is 19.8 Å². The molecule has 7 rings (SSSR count). The number of aliphatic hydroxyl groups is 7. The summed E-state index contributed by atoms with van der Waals surface area (Å²) in [6.07, 6.45) is -6.24. The molecular weight excluding hydrogens is 781 g/mol. The number of rotatable bonds is 8. The normalized spacial score (nSPS) is 51.6. The maximum atomic E-state index is 14.6. The Morgan fingerprint density at radius 3 is 2.22 bits per heavy atom. The van der Waals surface area contributed by atoms with Gasteiger partial charge >= 0.3 is 16.4 Å². The molecule has 0 bridgehead atoms. The summed E-state index contributed by atoms with van der Waals surface area (Å²) in [6, 6.07) is 0. The molecule has 2 saturated heterocycles. The molecule has 332 valence electrons. The van der Waals surface area contributed by atoms with Crippen molar-refractivity contribution in [1.29, 1.82) is 0 Å². The van der Waals surface area contributed by atoms with E-state index >= 15 is 0 Å². The van der Waals surface area contributed by atoms with Crippen molar-refractivity contribution < 1.29 is 76.6 Å². The van der Waals surface area contributed by atoms with Crippen LogP contribution in [0, 0.1) is 56.7 Å². The minimum absolute atomic E-state index is 0.0439. The van der Waals surface area contributed by atoms with Crippen LogP contribution in [0.3, 0.4) is 0 Å². The molecule has 0 spiro atoms. The van der Waals surface area contributed by atoms with E-state index in [-0.39, 0.29) is 53.6 Å². The summed E-state index contributed by atoms with van der Waals surface area (Å²) in [5, 5.41) is 74.0. The van der Waals surface area contributed by atoms with Crippen molar-refractivity contribution in [1.82, 2.24) is 0 Å². The van der Waals surface area contributed by atoms with Gasteiger partial charge in [0.25, 0.3) is 0 Å². The highest BCUT2D eigenvalue weighted by atomic mass is 32.3. The van der Waals surface area contributed by atoms with Crippen molar-refractivity contribution in [2.24, 2.45) is 56.7 Å². The zero-order chi connectivity index (χ0) is 42.5. The van der Waals surface area contributed by atoms with Crippen LogP contribution in [0.25, 0.3) is 0 Å². The van der Waals surface area contributed by atoms with Gasteiger partial charge in [-0.3, -0.25) is 9.35 Å². The lowest BCUT2D eigenvalue weighted by atomic mass is 9.33. The van der Waals surface area contributed by atoms with Crippen LogP contribution in [0.15, 0.2) is 11.6 Å². The molecule has 4 saturated carbocycles. The van der Waals surface area contributed by atoms with Gasteiger partial charge in [0.15, 0.2) is 12.4 Å². The van der Waals surface area contributed by atoms with Gasteiger partial charge in [-0.15, -0.1) is 0 Å². The zero-order valence-electron chi connectivity index (χ0n) is 34.5. The summed E-state index contributed by atoms with van der Waals surface area (Å²) in [5.74, 6) is -0.263. The first kappa shape index (κ1) is 44.7. The summed E-state index contributed by atoms with van der Waals surface area (Å²) in [7, 11) is -5.01. The van der Waals surface area contributed by atoms with E-state index in [1.807, 2.05) is 0 Å². The molecular formula is C41H66O16S. The Labute approximate surface area is 341 Å². The van der Waals surface area contributed by atoms with Gasteiger partial charge in [0.2, 0.25) is 6.29 Å². The number of hydrogen-bond donors (Lipinski definition) is 8. The van der Waals surface area contributed by atoms with E-state index in [1.54, 1.807) is 0 Å². The molecule has 5 aliphatic carbocycles. The fourth-order valence-corrected chi connectivity index (χ4v) is 14.4. The van der Waals surface area contributed by atoms with Gasteiger partial charge in [-0.2, -0.15) is 8.42 Å². The lowest BCUT2D eigenvalue weighted by Gasteiger charge is -2.71. The predicted octanol–water partition coefficient (Wildman–Crippen LogP) is 1.61. The number of allylic oxidation sites excluding steroid dienone is 1. The number of esters is 1. The lowest BCUT2D eigenvalue weighted by Crippen LogP contribution is -2.67. The second kappa shape index (κ2) is 15.5. The van der Waals surface area contributed by atoms with Crippen molar-refractivity contribution in [3.63, 3.8) is 0 Å².